The van der Waals surface area contributed by atoms with Gasteiger partial charge in [-0.2, -0.15) is 0 Å². The summed E-state index contributed by atoms with van der Waals surface area (Å²) in [5.74, 6) is -0.511. The predicted octanol–water partition coefficient (Wildman–Crippen LogP) is 5.90. The van der Waals surface area contributed by atoms with Crippen LogP contribution < -0.4 is 10.3 Å². The summed E-state index contributed by atoms with van der Waals surface area (Å²) in [7, 11) is 0. The standard InChI is InChI=1S/C30H31ClFN5O/c1-20-14-21(10-12-34-20)16-36(25-5-3-13-35(19-25)24-4-2-11-33-15-24)17-22-18-37(23-6-7-23)29-26(30(22)38)8-9-27(31)28(29)32/h2,4,8-12,14-15,18,23,25H,3,5-7,13,16-17,19H2,1H3/t25-/m0/s1. The lowest BCUT2D eigenvalue weighted by atomic mass is 10.0. The summed E-state index contributed by atoms with van der Waals surface area (Å²) >= 11 is 6.12. The molecule has 4 aromatic rings. The van der Waals surface area contributed by atoms with Gasteiger partial charge in [-0.1, -0.05) is 11.6 Å². The molecule has 0 amide bonds. The molecular formula is C30H31ClFN5O. The summed E-state index contributed by atoms with van der Waals surface area (Å²) in [6.45, 7) is 5.01. The van der Waals surface area contributed by atoms with Gasteiger partial charge < -0.3 is 9.47 Å². The second-order valence-electron chi connectivity index (χ2n) is 10.5. The largest absolute Gasteiger partial charge is 0.369 e. The average molecular weight is 532 g/mol. The molecule has 196 valence electrons. The zero-order chi connectivity index (χ0) is 26.2. The fourth-order valence-corrected chi connectivity index (χ4v) is 5.84. The highest BCUT2D eigenvalue weighted by atomic mass is 35.5. The summed E-state index contributed by atoms with van der Waals surface area (Å²) in [4.78, 5) is 27.2. The molecule has 6 nitrogen and oxygen atoms in total. The Labute approximate surface area is 226 Å². The Morgan fingerprint density at radius 2 is 2.00 bits per heavy atom. The molecule has 1 aliphatic heterocycles. The van der Waals surface area contributed by atoms with Gasteiger partial charge in [-0.3, -0.25) is 19.7 Å². The van der Waals surface area contributed by atoms with Crippen LogP contribution in [-0.2, 0) is 13.1 Å². The molecule has 0 bridgehead atoms. The number of hydrogen-bond acceptors (Lipinski definition) is 5. The van der Waals surface area contributed by atoms with Crippen molar-refractivity contribution in [3.05, 3.63) is 99.1 Å². The third kappa shape index (κ3) is 5.05. The molecule has 0 unspecified atom stereocenters. The number of pyridine rings is 3. The van der Waals surface area contributed by atoms with Gasteiger partial charge in [-0.15, -0.1) is 0 Å². The summed E-state index contributed by atoms with van der Waals surface area (Å²) in [5, 5.41) is 0.447. The molecule has 1 aliphatic carbocycles. The van der Waals surface area contributed by atoms with E-state index in [2.05, 4.69) is 31.9 Å². The van der Waals surface area contributed by atoms with Gasteiger partial charge in [0.15, 0.2) is 11.2 Å². The smallest absolute Gasteiger partial charge is 0.193 e. The zero-order valence-electron chi connectivity index (χ0n) is 21.5. The van der Waals surface area contributed by atoms with E-state index in [-0.39, 0.29) is 22.5 Å². The minimum absolute atomic E-state index is 0.0476. The highest BCUT2D eigenvalue weighted by molar-refractivity contribution is 6.31. The van der Waals surface area contributed by atoms with E-state index in [0.29, 0.717) is 29.6 Å². The van der Waals surface area contributed by atoms with Crippen LogP contribution in [0.15, 0.2) is 66.0 Å². The van der Waals surface area contributed by atoms with Crippen molar-refractivity contribution >= 4 is 28.2 Å². The number of anilines is 1. The molecule has 0 radical (unpaired) electrons. The second-order valence-corrected chi connectivity index (χ2v) is 11.0. The fraction of sp³-hybridized carbons (Fsp3) is 0.367. The molecule has 38 heavy (non-hydrogen) atoms. The van der Waals surface area contributed by atoms with Gasteiger partial charge in [-0.05, 0) is 74.6 Å². The first kappa shape index (κ1) is 25.0. The lowest BCUT2D eigenvalue weighted by molar-refractivity contribution is 0.158. The highest BCUT2D eigenvalue weighted by Gasteiger charge is 2.30. The van der Waals surface area contributed by atoms with Gasteiger partial charge in [0.1, 0.15) is 0 Å². The molecule has 1 atom stereocenters. The van der Waals surface area contributed by atoms with Crippen molar-refractivity contribution in [3.8, 4) is 0 Å². The highest BCUT2D eigenvalue weighted by Crippen LogP contribution is 2.38. The molecule has 0 N–H and O–H groups in total. The monoisotopic (exact) mass is 531 g/mol. The Morgan fingerprint density at radius 1 is 1.13 bits per heavy atom. The number of fused-ring (bicyclic) bond motifs is 1. The molecule has 8 heteroatoms. The molecule has 4 heterocycles. The first-order valence-electron chi connectivity index (χ1n) is 13.3. The SMILES string of the molecule is Cc1cc(CN(Cc2cn(C3CC3)c3c(F)c(Cl)ccc3c2=O)[C@H]2CCCN(c3cccnc3)C2)ccn1. The minimum Gasteiger partial charge on any atom is -0.369 e. The van der Waals surface area contributed by atoms with Crippen molar-refractivity contribution < 1.29 is 4.39 Å². The number of aromatic nitrogens is 3. The van der Waals surface area contributed by atoms with Crippen molar-refractivity contribution in [1.82, 2.24) is 19.4 Å². The maximum atomic E-state index is 15.1. The van der Waals surface area contributed by atoms with Gasteiger partial charge in [0.2, 0.25) is 0 Å². The Balaban J connectivity index is 1.38. The number of hydrogen-bond donors (Lipinski definition) is 0. The maximum absolute atomic E-state index is 15.1. The molecule has 3 aromatic heterocycles. The first-order chi connectivity index (χ1) is 18.5. The Morgan fingerprint density at radius 3 is 2.76 bits per heavy atom. The summed E-state index contributed by atoms with van der Waals surface area (Å²) in [6, 6.07) is 11.8. The molecular weight excluding hydrogens is 501 g/mol. The van der Waals surface area contributed by atoms with Crippen molar-refractivity contribution in [1.29, 1.82) is 0 Å². The second kappa shape index (κ2) is 10.5. The van der Waals surface area contributed by atoms with Crippen LogP contribution in [0.4, 0.5) is 10.1 Å². The van der Waals surface area contributed by atoms with Crippen molar-refractivity contribution in [2.24, 2.45) is 0 Å². The number of halogens is 2. The molecule has 2 fully saturated rings. The van der Waals surface area contributed by atoms with Gasteiger partial charge in [0.25, 0.3) is 0 Å². The predicted molar refractivity (Wildman–Crippen MR) is 149 cm³/mol. The lowest BCUT2D eigenvalue weighted by Crippen LogP contribution is -2.48. The van der Waals surface area contributed by atoms with E-state index in [0.717, 1.165) is 55.7 Å². The van der Waals surface area contributed by atoms with E-state index >= 15 is 4.39 Å². The van der Waals surface area contributed by atoms with E-state index in [1.54, 1.807) is 12.3 Å². The minimum atomic E-state index is -0.511. The van der Waals surface area contributed by atoms with E-state index in [1.807, 2.05) is 42.2 Å². The number of benzene rings is 1. The van der Waals surface area contributed by atoms with Gasteiger partial charge in [0.05, 0.1) is 22.4 Å². The summed E-state index contributed by atoms with van der Waals surface area (Å²) in [5.41, 5.74) is 4.14. The van der Waals surface area contributed by atoms with Crippen LogP contribution in [0.5, 0.6) is 0 Å². The van der Waals surface area contributed by atoms with Crippen LogP contribution in [0, 0.1) is 12.7 Å². The maximum Gasteiger partial charge on any atom is 0.193 e. The number of rotatable bonds is 7. The van der Waals surface area contributed by atoms with Gasteiger partial charge in [0, 0.05) is 73.5 Å². The third-order valence-electron chi connectivity index (χ3n) is 7.74. The van der Waals surface area contributed by atoms with E-state index < -0.39 is 5.82 Å². The molecule has 6 rings (SSSR count). The lowest BCUT2D eigenvalue weighted by Gasteiger charge is -2.40. The van der Waals surface area contributed by atoms with Crippen LogP contribution in [0.25, 0.3) is 10.9 Å². The normalized spacial score (nSPS) is 17.9. The Kier molecular flexibility index (Phi) is 6.89. The number of piperidine rings is 1. The molecule has 1 saturated carbocycles. The molecule has 0 spiro atoms. The molecule has 1 aromatic carbocycles. The topological polar surface area (TPSA) is 54.3 Å². The Hall–Kier alpha value is -3.29. The van der Waals surface area contributed by atoms with Crippen LogP contribution in [0.3, 0.4) is 0 Å². The van der Waals surface area contributed by atoms with E-state index in [9.17, 15) is 4.79 Å². The van der Waals surface area contributed by atoms with Crippen LogP contribution in [-0.4, -0.2) is 38.6 Å². The molecule has 2 aliphatic rings. The quantitative estimate of drug-likeness (QED) is 0.297. The Bertz CT molecular complexity index is 1520. The van der Waals surface area contributed by atoms with Gasteiger partial charge in [-0.25, -0.2) is 4.39 Å². The van der Waals surface area contributed by atoms with Crippen molar-refractivity contribution in [3.63, 3.8) is 0 Å². The van der Waals surface area contributed by atoms with Crippen LogP contribution in [0.1, 0.15) is 48.5 Å². The molecule has 1 saturated heterocycles. The zero-order valence-corrected chi connectivity index (χ0v) is 22.2. The van der Waals surface area contributed by atoms with Crippen LogP contribution >= 0.6 is 11.6 Å². The average Bonchev–Trinajstić information content (AvgIpc) is 3.78. The van der Waals surface area contributed by atoms with E-state index in [1.165, 1.54) is 6.07 Å². The summed E-state index contributed by atoms with van der Waals surface area (Å²) in [6.07, 6.45) is 11.5. The van der Waals surface area contributed by atoms with Crippen molar-refractivity contribution in [2.75, 3.05) is 18.0 Å². The third-order valence-corrected chi connectivity index (χ3v) is 8.03. The number of aryl methyl sites for hydroxylation is 1. The fourth-order valence-electron chi connectivity index (χ4n) is 5.69. The van der Waals surface area contributed by atoms with E-state index in [4.69, 9.17) is 11.6 Å². The van der Waals surface area contributed by atoms with Gasteiger partial charge >= 0.3 is 0 Å². The summed E-state index contributed by atoms with van der Waals surface area (Å²) < 4.78 is 17.1. The number of nitrogens with zero attached hydrogens (tertiary/aromatic N) is 5. The van der Waals surface area contributed by atoms with Crippen molar-refractivity contribution in [2.45, 2.75) is 57.8 Å². The van der Waals surface area contributed by atoms with Crippen LogP contribution in [0.2, 0.25) is 5.02 Å². The first-order valence-corrected chi connectivity index (χ1v) is 13.7.